The minimum absolute atomic E-state index is 0.0620. The second-order valence-corrected chi connectivity index (χ2v) is 15.9. The minimum Gasteiger partial charge on any atom is -0.450 e. The van der Waals surface area contributed by atoms with Crippen LogP contribution >= 0.6 is 0 Å². The molecule has 30 heavy (non-hydrogen) atoms. The Balaban J connectivity index is 1.20. The van der Waals surface area contributed by atoms with E-state index in [4.69, 9.17) is 4.74 Å². The monoisotopic (exact) mass is 446 g/mol. The number of anilines is 1. The van der Waals surface area contributed by atoms with E-state index in [9.17, 15) is 18.0 Å². The number of halogens is 3. The molecule has 0 radical (unpaired) electrons. The van der Waals surface area contributed by atoms with Gasteiger partial charge in [0.25, 0.3) is 0 Å². The predicted molar refractivity (Wildman–Crippen MR) is 107 cm³/mol. The van der Waals surface area contributed by atoms with Gasteiger partial charge in [0.2, 0.25) is 0 Å². The second kappa shape index (κ2) is 7.15. The van der Waals surface area contributed by atoms with Crippen molar-refractivity contribution in [1.82, 2.24) is 15.1 Å². The largest absolute Gasteiger partial charge is 0.522 e. The Bertz CT molecular complexity index is 782. The molecule has 2 heterocycles. The van der Waals surface area contributed by atoms with Gasteiger partial charge in [-0.05, 0) is 25.3 Å². The zero-order valence-corrected chi connectivity index (χ0v) is 18.6. The van der Waals surface area contributed by atoms with Gasteiger partial charge in [0.1, 0.15) is 0 Å². The van der Waals surface area contributed by atoms with Gasteiger partial charge >= 0.3 is 12.5 Å². The molecular weight excluding hydrogens is 417 g/mol. The van der Waals surface area contributed by atoms with Crippen molar-refractivity contribution in [3.63, 3.8) is 0 Å². The molecule has 1 aromatic heterocycles. The molecule has 0 atom stereocenters. The average Bonchev–Trinajstić information content (AvgIpc) is 2.94. The standard InChI is InChI=1S/C19H29F3N4O3Si/c1-30(2,3)5-4-28-16(27)24-17-11-18(12-17,13-17)26-9-15(6-23-26)25-7-14(8-25)10-29-19(20,21)22/h6,9,14H,4-5,7-8,10-13H2,1-3H3,(H,24,27). The summed E-state index contributed by atoms with van der Waals surface area (Å²) in [6.07, 6.45) is 1.28. The maximum absolute atomic E-state index is 12.1. The van der Waals surface area contributed by atoms with Crippen LogP contribution in [-0.4, -0.2) is 62.2 Å². The smallest absolute Gasteiger partial charge is 0.450 e. The molecule has 1 saturated heterocycles. The fourth-order valence-corrected chi connectivity index (χ4v) is 5.36. The van der Waals surface area contributed by atoms with Crippen LogP contribution in [0.25, 0.3) is 0 Å². The summed E-state index contributed by atoms with van der Waals surface area (Å²) in [7, 11) is -1.22. The molecule has 4 fully saturated rings. The van der Waals surface area contributed by atoms with E-state index in [-0.39, 0.29) is 29.7 Å². The number of aromatic nitrogens is 2. The third kappa shape index (κ3) is 4.46. The fourth-order valence-electron chi connectivity index (χ4n) is 4.65. The Morgan fingerprint density at radius 3 is 2.57 bits per heavy atom. The van der Waals surface area contributed by atoms with Crippen LogP contribution in [0.1, 0.15) is 19.3 Å². The van der Waals surface area contributed by atoms with Crippen molar-refractivity contribution in [2.45, 2.75) is 62.4 Å². The highest BCUT2D eigenvalue weighted by Gasteiger charge is 2.70. The van der Waals surface area contributed by atoms with E-state index in [1.807, 2.05) is 15.8 Å². The molecule has 0 spiro atoms. The molecule has 11 heteroatoms. The molecule has 3 saturated carbocycles. The molecule has 2 bridgehead atoms. The number of carbonyl (C=O) groups is 1. The van der Waals surface area contributed by atoms with Crippen LogP contribution in [0, 0.1) is 5.92 Å². The Hall–Kier alpha value is -1.75. The molecule has 0 aromatic carbocycles. The van der Waals surface area contributed by atoms with Gasteiger partial charge in [0, 0.05) is 33.3 Å². The lowest BCUT2D eigenvalue weighted by Crippen LogP contribution is -2.78. The van der Waals surface area contributed by atoms with Crippen LogP contribution in [0.2, 0.25) is 25.7 Å². The summed E-state index contributed by atoms with van der Waals surface area (Å²) in [5, 5.41) is 7.49. The Kier molecular flexibility index (Phi) is 5.12. The number of hydrogen-bond acceptors (Lipinski definition) is 5. The molecule has 0 unspecified atom stereocenters. The molecule has 4 aliphatic rings. The van der Waals surface area contributed by atoms with Crippen molar-refractivity contribution in [3.8, 4) is 0 Å². The topological polar surface area (TPSA) is 68.6 Å². The quantitative estimate of drug-likeness (QED) is 0.619. The van der Waals surface area contributed by atoms with Crippen molar-refractivity contribution in [2.24, 2.45) is 5.92 Å². The highest BCUT2D eigenvalue weighted by Crippen LogP contribution is 2.65. The Morgan fingerprint density at radius 2 is 1.97 bits per heavy atom. The van der Waals surface area contributed by atoms with Gasteiger partial charge < -0.3 is 15.0 Å². The number of ether oxygens (including phenoxy) is 2. The predicted octanol–water partition coefficient (Wildman–Crippen LogP) is 3.55. The maximum atomic E-state index is 12.1. The normalized spacial score (nSPS) is 28.4. The first kappa shape index (κ1) is 21.5. The number of carbonyl (C=O) groups excluding carboxylic acids is 1. The van der Waals surface area contributed by atoms with Gasteiger partial charge in [0.05, 0.1) is 36.2 Å². The summed E-state index contributed by atoms with van der Waals surface area (Å²) in [4.78, 5) is 14.1. The van der Waals surface area contributed by atoms with Gasteiger partial charge in [-0.25, -0.2) is 4.79 Å². The first-order chi connectivity index (χ1) is 13.9. The first-order valence-electron chi connectivity index (χ1n) is 10.3. The van der Waals surface area contributed by atoms with Gasteiger partial charge in [0.15, 0.2) is 0 Å². The van der Waals surface area contributed by atoms with Crippen LogP contribution in [0.3, 0.4) is 0 Å². The highest BCUT2D eigenvalue weighted by molar-refractivity contribution is 6.76. The number of rotatable bonds is 8. The number of amides is 1. The molecular formula is C19H29F3N4O3Si. The Labute approximate surface area is 174 Å². The Morgan fingerprint density at radius 1 is 1.30 bits per heavy atom. The third-order valence-electron chi connectivity index (χ3n) is 6.31. The van der Waals surface area contributed by atoms with E-state index in [0.29, 0.717) is 19.7 Å². The molecule has 3 aliphatic carbocycles. The molecule has 1 aromatic rings. The van der Waals surface area contributed by atoms with Gasteiger partial charge in [-0.3, -0.25) is 9.42 Å². The molecule has 7 nitrogen and oxygen atoms in total. The number of nitrogens with zero attached hydrogens (tertiary/aromatic N) is 3. The highest BCUT2D eigenvalue weighted by atomic mass is 28.3. The van der Waals surface area contributed by atoms with Gasteiger partial charge in [-0.2, -0.15) is 5.10 Å². The van der Waals surface area contributed by atoms with Crippen LogP contribution in [0.5, 0.6) is 0 Å². The van der Waals surface area contributed by atoms with Crippen LogP contribution < -0.4 is 10.2 Å². The molecule has 168 valence electrons. The number of alkyl carbamates (subject to hydrolysis) is 1. The van der Waals surface area contributed by atoms with Crippen molar-refractivity contribution < 1.29 is 27.4 Å². The lowest BCUT2D eigenvalue weighted by molar-refractivity contribution is -0.328. The van der Waals surface area contributed by atoms with Crippen molar-refractivity contribution in [3.05, 3.63) is 12.4 Å². The number of nitrogens with one attached hydrogen (secondary N) is 1. The summed E-state index contributed by atoms with van der Waals surface area (Å²) in [5.41, 5.74) is 0.669. The van der Waals surface area contributed by atoms with Crippen LogP contribution in [0.4, 0.5) is 23.7 Å². The second-order valence-electron chi connectivity index (χ2n) is 10.3. The summed E-state index contributed by atoms with van der Waals surface area (Å²) in [5.74, 6) is -0.121. The third-order valence-corrected chi connectivity index (χ3v) is 8.02. The first-order valence-corrected chi connectivity index (χ1v) is 14.0. The fraction of sp³-hybridized carbons (Fsp3) is 0.789. The average molecular weight is 447 g/mol. The molecule has 1 amide bonds. The van der Waals surface area contributed by atoms with Gasteiger partial charge in [-0.15, -0.1) is 13.2 Å². The van der Waals surface area contributed by atoms with Gasteiger partial charge in [-0.1, -0.05) is 19.6 Å². The lowest BCUT2D eigenvalue weighted by Gasteiger charge is -2.69. The summed E-state index contributed by atoms with van der Waals surface area (Å²) >= 11 is 0. The maximum Gasteiger partial charge on any atom is 0.522 e. The molecule has 1 aliphatic heterocycles. The van der Waals surface area contributed by atoms with Crippen molar-refractivity contribution in [1.29, 1.82) is 0 Å². The van der Waals surface area contributed by atoms with E-state index in [0.717, 1.165) is 31.0 Å². The minimum atomic E-state index is -4.57. The van der Waals surface area contributed by atoms with E-state index >= 15 is 0 Å². The SMILES string of the molecule is C[Si](C)(C)CCOC(=O)NC12CC(n3cc(N4CC(COC(F)(F)F)C4)cn3)(C1)C2. The zero-order valence-electron chi connectivity index (χ0n) is 17.6. The van der Waals surface area contributed by atoms with Crippen LogP contribution in [0.15, 0.2) is 12.4 Å². The van der Waals surface area contributed by atoms with E-state index < -0.39 is 14.4 Å². The summed E-state index contributed by atoms with van der Waals surface area (Å²) < 4.78 is 47.5. The lowest BCUT2D eigenvalue weighted by atomic mass is 9.44. The van der Waals surface area contributed by atoms with Crippen LogP contribution in [-0.2, 0) is 15.0 Å². The van der Waals surface area contributed by atoms with E-state index in [1.165, 1.54) is 0 Å². The summed E-state index contributed by atoms with van der Waals surface area (Å²) in [6, 6.07) is 0.951. The zero-order chi connectivity index (χ0) is 21.8. The van der Waals surface area contributed by atoms with Crippen molar-refractivity contribution >= 4 is 19.9 Å². The van der Waals surface area contributed by atoms with E-state index in [2.05, 4.69) is 34.8 Å². The number of hydrogen-bond donors (Lipinski definition) is 1. The van der Waals surface area contributed by atoms with E-state index in [1.54, 1.807) is 6.20 Å². The van der Waals surface area contributed by atoms with Crippen molar-refractivity contribution in [2.75, 3.05) is 31.2 Å². The molecule has 5 rings (SSSR count). The summed E-state index contributed by atoms with van der Waals surface area (Å²) in [6.45, 7) is 7.96. The number of alkyl halides is 3. The molecule has 1 N–H and O–H groups in total.